The van der Waals surface area contributed by atoms with Crippen LogP contribution in [0.2, 0.25) is 0 Å². The van der Waals surface area contributed by atoms with Crippen LogP contribution in [0.3, 0.4) is 0 Å². The summed E-state index contributed by atoms with van der Waals surface area (Å²) in [7, 11) is 0. The molecule has 3 aliphatic rings. The maximum Gasteiger partial charge on any atom is 0.146 e. The van der Waals surface area contributed by atoms with Crippen molar-refractivity contribution in [2.45, 2.75) is 25.7 Å². The van der Waals surface area contributed by atoms with E-state index in [9.17, 15) is 9.59 Å². The number of Topliss-reactive ketones (excluding diaryl/α,β-unsaturated/α-hetero) is 1. The van der Waals surface area contributed by atoms with Gasteiger partial charge in [0.1, 0.15) is 12.1 Å². The Morgan fingerprint density at radius 2 is 1.82 bits per heavy atom. The van der Waals surface area contributed by atoms with E-state index in [0.29, 0.717) is 5.92 Å². The van der Waals surface area contributed by atoms with Gasteiger partial charge in [-0.3, -0.25) is 4.79 Å². The Hall–Kier alpha value is -0.660. The lowest BCUT2D eigenvalue weighted by molar-refractivity contribution is -0.139. The first-order valence-electron chi connectivity index (χ1n) is 4.32. The van der Waals surface area contributed by atoms with Gasteiger partial charge in [-0.05, 0) is 31.6 Å². The van der Waals surface area contributed by atoms with Crippen molar-refractivity contribution in [1.82, 2.24) is 0 Å². The van der Waals surface area contributed by atoms with Crippen molar-refractivity contribution in [2.24, 2.45) is 17.8 Å². The Balaban J connectivity index is 2.22. The smallest absolute Gasteiger partial charge is 0.146 e. The summed E-state index contributed by atoms with van der Waals surface area (Å²) in [5, 5.41) is 0. The van der Waals surface area contributed by atoms with Gasteiger partial charge in [0.15, 0.2) is 0 Å². The van der Waals surface area contributed by atoms with Gasteiger partial charge in [0.2, 0.25) is 0 Å². The Morgan fingerprint density at radius 1 is 1.18 bits per heavy atom. The van der Waals surface area contributed by atoms with Crippen molar-refractivity contribution in [2.75, 3.05) is 0 Å². The first-order chi connectivity index (χ1) is 5.33. The van der Waals surface area contributed by atoms with Gasteiger partial charge in [-0.1, -0.05) is 0 Å². The summed E-state index contributed by atoms with van der Waals surface area (Å²) in [6, 6.07) is 0. The van der Waals surface area contributed by atoms with Crippen molar-refractivity contribution < 1.29 is 9.59 Å². The summed E-state index contributed by atoms with van der Waals surface area (Å²) in [5.41, 5.74) is 0. The molecule has 1 atom stereocenters. The quantitative estimate of drug-likeness (QED) is 0.418. The van der Waals surface area contributed by atoms with Crippen LogP contribution in [0.1, 0.15) is 25.7 Å². The second kappa shape index (κ2) is 2.43. The van der Waals surface area contributed by atoms with Gasteiger partial charge in [-0.2, -0.15) is 0 Å². The van der Waals surface area contributed by atoms with Crippen LogP contribution in [0.4, 0.5) is 0 Å². The highest BCUT2D eigenvalue weighted by Crippen LogP contribution is 2.41. The van der Waals surface area contributed by atoms with E-state index in [0.717, 1.165) is 32.0 Å². The number of carbonyl (C=O) groups is 2. The zero-order valence-electron chi connectivity index (χ0n) is 6.45. The minimum Gasteiger partial charge on any atom is -0.303 e. The second-order valence-corrected chi connectivity index (χ2v) is 3.68. The molecule has 0 spiro atoms. The van der Waals surface area contributed by atoms with E-state index < -0.39 is 0 Å². The standard InChI is InChI=1S/C9H12O2/c10-5-8-6-1-3-7(4-2-6)9(8)11/h5-8H,1-4H2. The molecule has 0 amide bonds. The van der Waals surface area contributed by atoms with Crippen LogP contribution in [0, 0.1) is 17.8 Å². The number of rotatable bonds is 1. The first-order valence-corrected chi connectivity index (χ1v) is 4.32. The van der Waals surface area contributed by atoms with Crippen LogP contribution in [0.5, 0.6) is 0 Å². The summed E-state index contributed by atoms with van der Waals surface area (Å²) < 4.78 is 0. The van der Waals surface area contributed by atoms with Gasteiger partial charge >= 0.3 is 0 Å². The largest absolute Gasteiger partial charge is 0.303 e. The third kappa shape index (κ3) is 0.924. The molecule has 2 heteroatoms. The van der Waals surface area contributed by atoms with Crippen LogP contribution in [-0.2, 0) is 9.59 Å². The predicted molar refractivity (Wildman–Crippen MR) is 40.0 cm³/mol. The topological polar surface area (TPSA) is 34.1 Å². The number of aldehydes is 1. The summed E-state index contributed by atoms with van der Waals surface area (Å²) in [4.78, 5) is 21.9. The van der Waals surface area contributed by atoms with E-state index in [1.54, 1.807) is 0 Å². The molecular weight excluding hydrogens is 140 g/mol. The lowest BCUT2D eigenvalue weighted by atomic mass is 9.64. The number of fused-ring (bicyclic) bond motifs is 3. The molecule has 60 valence electrons. The molecule has 0 aromatic rings. The molecule has 0 radical (unpaired) electrons. The van der Waals surface area contributed by atoms with Crippen molar-refractivity contribution in [3.8, 4) is 0 Å². The van der Waals surface area contributed by atoms with E-state index in [2.05, 4.69) is 0 Å². The monoisotopic (exact) mass is 152 g/mol. The summed E-state index contributed by atoms with van der Waals surface area (Å²) >= 11 is 0. The molecule has 11 heavy (non-hydrogen) atoms. The fourth-order valence-corrected chi connectivity index (χ4v) is 2.45. The number of hydrogen-bond acceptors (Lipinski definition) is 2. The number of carbonyl (C=O) groups excluding carboxylic acids is 2. The van der Waals surface area contributed by atoms with Gasteiger partial charge in [0.05, 0.1) is 5.92 Å². The number of ketones is 1. The van der Waals surface area contributed by atoms with Gasteiger partial charge < -0.3 is 4.79 Å². The maximum absolute atomic E-state index is 11.4. The third-order valence-electron chi connectivity index (χ3n) is 3.16. The van der Waals surface area contributed by atoms with Gasteiger partial charge in [0, 0.05) is 5.92 Å². The molecule has 3 rings (SSSR count). The Kier molecular flexibility index (Phi) is 1.55. The minimum absolute atomic E-state index is 0.225. The second-order valence-electron chi connectivity index (χ2n) is 3.68. The highest BCUT2D eigenvalue weighted by Gasteiger charge is 2.42. The zero-order valence-corrected chi connectivity index (χ0v) is 6.45. The molecule has 0 N–H and O–H groups in total. The third-order valence-corrected chi connectivity index (χ3v) is 3.16. The Bertz CT molecular complexity index is 190. The molecule has 3 saturated carbocycles. The molecule has 0 saturated heterocycles. The SMILES string of the molecule is O=CC1C(=O)C2CCC1CC2. The highest BCUT2D eigenvalue weighted by atomic mass is 16.1. The fourth-order valence-electron chi connectivity index (χ4n) is 2.45. The molecule has 0 heterocycles. The van der Waals surface area contributed by atoms with Crippen molar-refractivity contribution in [3.05, 3.63) is 0 Å². The Morgan fingerprint density at radius 3 is 2.18 bits per heavy atom. The average molecular weight is 152 g/mol. The molecule has 3 fully saturated rings. The van der Waals surface area contributed by atoms with E-state index >= 15 is 0 Å². The molecule has 0 aliphatic heterocycles. The van der Waals surface area contributed by atoms with Crippen LogP contribution in [0.15, 0.2) is 0 Å². The lowest BCUT2D eigenvalue weighted by Crippen LogP contribution is -2.41. The van der Waals surface area contributed by atoms with Crippen LogP contribution < -0.4 is 0 Å². The minimum atomic E-state index is -0.234. The molecule has 3 aliphatic carbocycles. The van der Waals surface area contributed by atoms with Gasteiger partial charge in [-0.15, -0.1) is 0 Å². The van der Waals surface area contributed by atoms with E-state index in [4.69, 9.17) is 0 Å². The van der Waals surface area contributed by atoms with Crippen LogP contribution in [0.25, 0.3) is 0 Å². The molecular formula is C9H12O2. The molecule has 2 nitrogen and oxygen atoms in total. The molecule has 0 aromatic carbocycles. The van der Waals surface area contributed by atoms with Crippen LogP contribution in [-0.4, -0.2) is 12.1 Å². The van der Waals surface area contributed by atoms with E-state index in [-0.39, 0.29) is 17.6 Å². The maximum atomic E-state index is 11.4. The zero-order chi connectivity index (χ0) is 7.84. The van der Waals surface area contributed by atoms with Crippen molar-refractivity contribution in [1.29, 1.82) is 0 Å². The van der Waals surface area contributed by atoms with Crippen LogP contribution >= 0.6 is 0 Å². The van der Waals surface area contributed by atoms with Gasteiger partial charge in [0.25, 0.3) is 0 Å². The molecule has 0 aromatic heterocycles. The molecule has 2 bridgehead atoms. The van der Waals surface area contributed by atoms with E-state index in [1.165, 1.54) is 0 Å². The predicted octanol–water partition coefficient (Wildman–Crippen LogP) is 1.19. The summed E-state index contributed by atoms with van der Waals surface area (Å²) in [6.07, 6.45) is 5.12. The van der Waals surface area contributed by atoms with Gasteiger partial charge in [-0.25, -0.2) is 0 Å². The summed E-state index contributed by atoms with van der Waals surface area (Å²) in [5.74, 6) is 0.616. The Labute approximate surface area is 66.0 Å². The van der Waals surface area contributed by atoms with Crippen molar-refractivity contribution >= 4 is 12.1 Å². The summed E-state index contributed by atoms with van der Waals surface area (Å²) in [6.45, 7) is 0. The first kappa shape index (κ1) is 7.01. The normalized spacial score (nSPS) is 42.5. The molecule has 1 unspecified atom stereocenters. The fraction of sp³-hybridized carbons (Fsp3) is 0.778. The average Bonchev–Trinajstić information content (AvgIpc) is 2.06. The number of hydrogen-bond donors (Lipinski definition) is 0. The van der Waals surface area contributed by atoms with E-state index in [1.807, 2.05) is 0 Å². The van der Waals surface area contributed by atoms with Crippen molar-refractivity contribution in [3.63, 3.8) is 0 Å². The lowest BCUT2D eigenvalue weighted by Gasteiger charge is -2.38. The highest BCUT2D eigenvalue weighted by molar-refractivity contribution is 5.96.